The summed E-state index contributed by atoms with van der Waals surface area (Å²) in [4.78, 5) is 0. The van der Waals surface area contributed by atoms with Crippen LogP contribution in [0.15, 0.2) is 0 Å². The average Bonchev–Trinajstić information content (AvgIpc) is 2.42. The highest BCUT2D eigenvalue weighted by molar-refractivity contribution is 4.88. The Balaban J connectivity index is 2.68. The maximum absolute atomic E-state index is 13.2. The number of alkyl halides is 3. The highest BCUT2D eigenvalue weighted by atomic mass is 19.4. The fourth-order valence-electron chi connectivity index (χ4n) is 3.29. The molecule has 0 bridgehead atoms. The summed E-state index contributed by atoms with van der Waals surface area (Å²) in [7, 11) is 1.63. The minimum absolute atomic E-state index is 0.0305. The van der Waals surface area contributed by atoms with Crippen LogP contribution < -0.4 is 5.32 Å². The molecule has 1 saturated carbocycles. The predicted molar refractivity (Wildman–Crippen MR) is 74.7 cm³/mol. The van der Waals surface area contributed by atoms with Gasteiger partial charge in [0.15, 0.2) is 0 Å². The highest BCUT2D eigenvalue weighted by Gasteiger charge is 2.47. The first-order valence-corrected chi connectivity index (χ1v) is 7.79. The van der Waals surface area contributed by atoms with Crippen molar-refractivity contribution in [1.82, 2.24) is 5.32 Å². The van der Waals surface area contributed by atoms with Crippen LogP contribution in [0.25, 0.3) is 0 Å². The number of hydrogen-bond donors (Lipinski definition) is 1. The van der Waals surface area contributed by atoms with E-state index in [0.29, 0.717) is 25.9 Å². The summed E-state index contributed by atoms with van der Waals surface area (Å²) in [5.74, 6) is -1.40. The Bertz CT molecular complexity index is 258. The Morgan fingerprint density at radius 2 is 1.95 bits per heavy atom. The second-order valence-corrected chi connectivity index (χ2v) is 5.79. The first kappa shape index (κ1) is 17.8. The molecule has 3 unspecified atom stereocenters. The van der Waals surface area contributed by atoms with Gasteiger partial charge in [-0.05, 0) is 44.6 Å². The molecule has 3 atom stereocenters. The van der Waals surface area contributed by atoms with Crippen molar-refractivity contribution in [3.63, 3.8) is 0 Å². The van der Waals surface area contributed by atoms with Crippen molar-refractivity contribution in [3.05, 3.63) is 0 Å². The second-order valence-electron chi connectivity index (χ2n) is 5.79. The van der Waals surface area contributed by atoms with Gasteiger partial charge in [0.25, 0.3) is 0 Å². The lowest BCUT2D eigenvalue weighted by Gasteiger charge is -2.38. The zero-order chi connectivity index (χ0) is 15.0. The third-order valence-corrected chi connectivity index (χ3v) is 4.28. The van der Waals surface area contributed by atoms with Crippen molar-refractivity contribution >= 4 is 0 Å². The Kier molecular flexibility index (Phi) is 7.88. The number of nitrogens with one attached hydrogen (secondary N) is 1. The summed E-state index contributed by atoms with van der Waals surface area (Å²) >= 11 is 0. The van der Waals surface area contributed by atoms with Crippen LogP contribution in [0, 0.1) is 11.8 Å². The molecule has 0 aromatic carbocycles. The zero-order valence-electron chi connectivity index (χ0n) is 12.6. The van der Waals surface area contributed by atoms with Crippen molar-refractivity contribution in [3.8, 4) is 0 Å². The molecule has 1 aliphatic rings. The molecular weight excluding hydrogens is 267 g/mol. The highest BCUT2D eigenvalue weighted by Crippen LogP contribution is 2.43. The monoisotopic (exact) mass is 295 g/mol. The standard InChI is InChI=1S/C15H28F3NO/c1-3-10-19-14(9-6-11-20-2)12-7-4-5-8-13(12)15(16,17)18/h12-14,19H,3-11H2,1-2H3. The molecule has 0 aromatic heterocycles. The molecule has 5 heteroatoms. The lowest BCUT2D eigenvalue weighted by Crippen LogP contribution is -2.46. The van der Waals surface area contributed by atoms with Gasteiger partial charge in [0.05, 0.1) is 5.92 Å². The number of halogens is 3. The van der Waals surface area contributed by atoms with Crippen molar-refractivity contribution in [2.75, 3.05) is 20.3 Å². The van der Waals surface area contributed by atoms with Gasteiger partial charge >= 0.3 is 6.18 Å². The van der Waals surface area contributed by atoms with Gasteiger partial charge in [0.1, 0.15) is 0 Å². The average molecular weight is 295 g/mol. The topological polar surface area (TPSA) is 21.3 Å². The van der Waals surface area contributed by atoms with E-state index in [9.17, 15) is 13.2 Å². The SMILES string of the molecule is CCCNC(CCCOC)C1CCCCC1C(F)(F)F. The van der Waals surface area contributed by atoms with Gasteiger partial charge < -0.3 is 10.1 Å². The predicted octanol–water partition coefficient (Wildman–Crippen LogP) is 4.15. The molecule has 2 nitrogen and oxygen atoms in total. The van der Waals surface area contributed by atoms with Gasteiger partial charge in [0.2, 0.25) is 0 Å². The summed E-state index contributed by atoms with van der Waals surface area (Å²) in [5, 5.41) is 3.34. The molecule has 0 spiro atoms. The normalized spacial score (nSPS) is 25.6. The van der Waals surface area contributed by atoms with Crippen molar-refractivity contribution in [2.24, 2.45) is 11.8 Å². The molecule has 1 fully saturated rings. The summed E-state index contributed by atoms with van der Waals surface area (Å²) in [6, 6.07) is -0.0305. The molecular formula is C15H28F3NO. The molecule has 120 valence electrons. The second kappa shape index (κ2) is 8.88. The number of methoxy groups -OCH3 is 1. The van der Waals surface area contributed by atoms with Crippen LogP contribution in [0.2, 0.25) is 0 Å². The van der Waals surface area contributed by atoms with Crippen molar-refractivity contribution < 1.29 is 17.9 Å². The quantitative estimate of drug-likeness (QED) is 0.679. The zero-order valence-corrected chi connectivity index (χ0v) is 12.6. The fraction of sp³-hybridized carbons (Fsp3) is 1.00. The number of hydrogen-bond acceptors (Lipinski definition) is 2. The van der Waals surface area contributed by atoms with Crippen LogP contribution >= 0.6 is 0 Å². The smallest absolute Gasteiger partial charge is 0.385 e. The summed E-state index contributed by atoms with van der Waals surface area (Å²) in [6.45, 7) is 3.45. The van der Waals surface area contributed by atoms with Gasteiger partial charge in [-0.15, -0.1) is 0 Å². The maximum Gasteiger partial charge on any atom is 0.392 e. The van der Waals surface area contributed by atoms with E-state index in [1.54, 1.807) is 7.11 Å². The first-order valence-electron chi connectivity index (χ1n) is 7.79. The molecule has 0 aliphatic heterocycles. The van der Waals surface area contributed by atoms with Crippen LogP contribution in [0.5, 0.6) is 0 Å². The van der Waals surface area contributed by atoms with Crippen molar-refractivity contribution in [1.29, 1.82) is 0 Å². The number of ether oxygens (including phenoxy) is 1. The molecule has 0 heterocycles. The molecule has 0 saturated heterocycles. The summed E-state index contributed by atoms with van der Waals surface area (Å²) in [5.41, 5.74) is 0. The van der Waals surface area contributed by atoms with Gasteiger partial charge in [-0.2, -0.15) is 13.2 Å². The van der Waals surface area contributed by atoms with Crippen LogP contribution in [0.3, 0.4) is 0 Å². The van der Waals surface area contributed by atoms with E-state index in [0.717, 1.165) is 32.2 Å². The summed E-state index contributed by atoms with van der Waals surface area (Å²) in [6.07, 6.45) is 1.10. The Morgan fingerprint density at radius 1 is 1.25 bits per heavy atom. The minimum atomic E-state index is -4.06. The minimum Gasteiger partial charge on any atom is -0.385 e. The molecule has 0 amide bonds. The third kappa shape index (κ3) is 5.60. The maximum atomic E-state index is 13.2. The number of rotatable bonds is 8. The molecule has 1 aliphatic carbocycles. The van der Waals surface area contributed by atoms with Crippen LogP contribution in [0.4, 0.5) is 13.2 Å². The van der Waals surface area contributed by atoms with E-state index in [1.165, 1.54) is 0 Å². The molecule has 0 aromatic rings. The van der Waals surface area contributed by atoms with Crippen molar-refractivity contribution in [2.45, 2.75) is 64.1 Å². The van der Waals surface area contributed by atoms with E-state index >= 15 is 0 Å². The molecule has 1 rings (SSSR count). The summed E-state index contributed by atoms with van der Waals surface area (Å²) < 4.78 is 44.7. The third-order valence-electron chi connectivity index (χ3n) is 4.28. The lowest BCUT2D eigenvalue weighted by molar-refractivity contribution is -0.199. The van der Waals surface area contributed by atoms with Crippen LogP contribution in [-0.4, -0.2) is 32.5 Å². The van der Waals surface area contributed by atoms with E-state index in [4.69, 9.17) is 4.74 Å². The molecule has 20 heavy (non-hydrogen) atoms. The lowest BCUT2D eigenvalue weighted by atomic mass is 9.73. The van der Waals surface area contributed by atoms with E-state index < -0.39 is 12.1 Å². The van der Waals surface area contributed by atoms with Gasteiger partial charge in [0, 0.05) is 19.8 Å². The van der Waals surface area contributed by atoms with Gasteiger partial charge in [-0.25, -0.2) is 0 Å². The van der Waals surface area contributed by atoms with E-state index in [2.05, 4.69) is 5.32 Å². The Labute approximate surface area is 120 Å². The first-order chi connectivity index (χ1) is 9.50. The van der Waals surface area contributed by atoms with E-state index in [-0.39, 0.29) is 12.0 Å². The largest absolute Gasteiger partial charge is 0.392 e. The van der Waals surface area contributed by atoms with E-state index in [1.807, 2.05) is 6.92 Å². The van der Waals surface area contributed by atoms with Crippen LogP contribution in [0.1, 0.15) is 51.9 Å². The fourth-order valence-corrected chi connectivity index (χ4v) is 3.29. The van der Waals surface area contributed by atoms with Gasteiger partial charge in [-0.3, -0.25) is 0 Å². The molecule has 1 N–H and O–H groups in total. The Hall–Kier alpha value is -0.290. The van der Waals surface area contributed by atoms with Crippen LogP contribution in [-0.2, 0) is 4.74 Å². The Morgan fingerprint density at radius 3 is 2.55 bits per heavy atom. The molecule has 0 radical (unpaired) electrons. The van der Waals surface area contributed by atoms with Gasteiger partial charge in [-0.1, -0.05) is 19.8 Å².